The predicted octanol–water partition coefficient (Wildman–Crippen LogP) is 3.36. The van der Waals surface area contributed by atoms with Crippen molar-refractivity contribution in [3.63, 3.8) is 0 Å². The van der Waals surface area contributed by atoms with Crippen molar-refractivity contribution in [2.45, 2.75) is 58.0 Å². The second-order valence-corrected chi connectivity index (χ2v) is 10.0. The van der Waals surface area contributed by atoms with Crippen molar-refractivity contribution in [1.29, 1.82) is 0 Å². The highest BCUT2D eigenvalue weighted by atomic mass is 16.7. The van der Waals surface area contributed by atoms with E-state index < -0.39 is 18.3 Å². The monoisotopic (exact) mass is 434 g/mol. The van der Waals surface area contributed by atoms with Crippen LogP contribution in [0.4, 0.5) is 0 Å². The van der Waals surface area contributed by atoms with Gasteiger partial charge in [0.15, 0.2) is 0 Å². The molecule has 2 saturated heterocycles. The minimum Gasteiger partial charge on any atom is -0.482 e. The van der Waals surface area contributed by atoms with Crippen molar-refractivity contribution in [3.8, 4) is 5.75 Å². The summed E-state index contributed by atoms with van der Waals surface area (Å²) in [6.07, 6.45) is 3.51. The van der Waals surface area contributed by atoms with Gasteiger partial charge in [0, 0.05) is 19.3 Å². The van der Waals surface area contributed by atoms with Gasteiger partial charge in [-0.05, 0) is 71.4 Å². The van der Waals surface area contributed by atoms with E-state index in [4.69, 9.17) is 19.0 Å². The Morgan fingerprint density at radius 3 is 2.44 bits per heavy atom. The number of hydrogen-bond acceptors (Lipinski definition) is 6. The molecule has 2 aliphatic rings. The maximum absolute atomic E-state index is 6.51. The number of pyridine rings is 1. The molecular formula is C24H31BN4O3. The number of benzene rings is 1. The summed E-state index contributed by atoms with van der Waals surface area (Å²) < 4.78 is 21.4. The van der Waals surface area contributed by atoms with Gasteiger partial charge in [0.1, 0.15) is 17.4 Å². The average molecular weight is 434 g/mol. The van der Waals surface area contributed by atoms with Crippen LogP contribution >= 0.6 is 0 Å². The Morgan fingerprint density at radius 2 is 1.81 bits per heavy atom. The summed E-state index contributed by atoms with van der Waals surface area (Å²) in [7, 11) is 1.66. The first-order valence-corrected chi connectivity index (χ1v) is 11.3. The summed E-state index contributed by atoms with van der Waals surface area (Å²) in [5.74, 6) is 0.775. The van der Waals surface area contributed by atoms with Gasteiger partial charge in [0.25, 0.3) is 0 Å². The average Bonchev–Trinajstić information content (AvgIpc) is 3.24. The van der Waals surface area contributed by atoms with E-state index in [2.05, 4.69) is 55.3 Å². The largest absolute Gasteiger partial charge is 0.495 e. The zero-order valence-corrected chi connectivity index (χ0v) is 19.7. The van der Waals surface area contributed by atoms with Crippen LogP contribution in [-0.4, -0.2) is 57.9 Å². The quantitative estimate of drug-likeness (QED) is 0.574. The Morgan fingerprint density at radius 1 is 1.09 bits per heavy atom. The lowest BCUT2D eigenvalue weighted by molar-refractivity contribution is 0.00578. The molecule has 0 saturated carbocycles. The molecule has 2 fully saturated rings. The van der Waals surface area contributed by atoms with Crippen LogP contribution < -0.4 is 10.2 Å². The van der Waals surface area contributed by atoms with Crippen molar-refractivity contribution in [3.05, 3.63) is 48.5 Å². The molecule has 2 aliphatic heterocycles. The number of aromatic nitrogens is 3. The van der Waals surface area contributed by atoms with Gasteiger partial charge < -0.3 is 23.5 Å². The zero-order chi connectivity index (χ0) is 22.7. The van der Waals surface area contributed by atoms with Crippen molar-refractivity contribution in [2.24, 2.45) is 0 Å². The van der Waals surface area contributed by atoms with Gasteiger partial charge in [-0.2, -0.15) is 0 Å². The maximum atomic E-state index is 6.51. The smallest absolute Gasteiger partial charge is 0.482 e. The molecule has 0 N–H and O–H groups in total. The number of rotatable bonds is 5. The third-order valence-corrected chi connectivity index (χ3v) is 7.03. The first-order valence-electron chi connectivity index (χ1n) is 11.3. The molecule has 8 heteroatoms. The molecule has 3 aromatic rings. The molecule has 4 heterocycles. The normalized spacial score (nSPS) is 21.6. The second kappa shape index (κ2) is 7.58. The van der Waals surface area contributed by atoms with Crippen LogP contribution in [0.5, 0.6) is 5.75 Å². The molecule has 0 radical (unpaired) electrons. The summed E-state index contributed by atoms with van der Waals surface area (Å²) in [5, 5.41) is 0. The number of ether oxygens (including phenoxy) is 1. The van der Waals surface area contributed by atoms with Gasteiger partial charge in [-0.15, -0.1) is 0 Å². The van der Waals surface area contributed by atoms with Gasteiger partial charge in [-0.3, -0.25) is 4.98 Å². The number of nitrogens with zero attached hydrogens (tertiary/aromatic N) is 4. The van der Waals surface area contributed by atoms with Crippen molar-refractivity contribution >= 4 is 23.6 Å². The molecule has 1 aromatic carbocycles. The lowest BCUT2D eigenvalue weighted by Gasteiger charge is -2.37. The number of fused-ring (bicyclic) bond motifs is 1. The maximum Gasteiger partial charge on any atom is 0.495 e. The first kappa shape index (κ1) is 21.4. The van der Waals surface area contributed by atoms with E-state index >= 15 is 0 Å². The van der Waals surface area contributed by atoms with E-state index in [9.17, 15) is 0 Å². The van der Waals surface area contributed by atoms with E-state index in [-0.39, 0.29) is 6.10 Å². The highest BCUT2D eigenvalue weighted by Gasteiger charge is 2.52. The summed E-state index contributed by atoms with van der Waals surface area (Å²) in [6.45, 7) is 12.3. The van der Waals surface area contributed by atoms with Crippen LogP contribution in [0.15, 0.2) is 42.9 Å². The van der Waals surface area contributed by atoms with E-state index in [0.717, 1.165) is 41.0 Å². The molecule has 2 aromatic heterocycles. The number of likely N-dealkylation sites (N-methyl/N-ethyl adjacent to an activating group) is 1. The van der Waals surface area contributed by atoms with Crippen molar-refractivity contribution < 1.29 is 14.0 Å². The molecular weight excluding hydrogens is 403 g/mol. The third-order valence-electron chi connectivity index (χ3n) is 7.03. The Bertz CT molecular complexity index is 1110. The highest BCUT2D eigenvalue weighted by Crippen LogP contribution is 2.38. The van der Waals surface area contributed by atoms with Crippen LogP contribution in [-0.2, 0) is 9.31 Å². The molecule has 5 rings (SSSR count). The predicted molar refractivity (Wildman–Crippen MR) is 125 cm³/mol. The zero-order valence-electron chi connectivity index (χ0n) is 19.7. The molecule has 0 spiro atoms. The van der Waals surface area contributed by atoms with Gasteiger partial charge in [0.2, 0.25) is 0 Å². The lowest BCUT2D eigenvalue weighted by Crippen LogP contribution is -2.44. The number of imidazole rings is 1. The van der Waals surface area contributed by atoms with Gasteiger partial charge in [0.05, 0.1) is 34.8 Å². The number of likely N-dealkylation sites (tertiary alicyclic amines) is 1. The third kappa shape index (κ3) is 3.60. The fourth-order valence-corrected chi connectivity index (χ4v) is 4.35. The first-order chi connectivity index (χ1) is 15.1. The molecule has 0 aliphatic carbocycles. The van der Waals surface area contributed by atoms with E-state index in [1.807, 2.05) is 37.5 Å². The summed E-state index contributed by atoms with van der Waals surface area (Å²) in [4.78, 5) is 11.5. The minimum absolute atomic E-state index is 0.208. The van der Waals surface area contributed by atoms with E-state index in [1.54, 1.807) is 6.20 Å². The molecule has 1 atom stereocenters. The topological polar surface area (TPSA) is 61.6 Å². The molecule has 7 nitrogen and oxygen atoms in total. The van der Waals surface area contributed by atoms with E-state index in [0.29, 0.717) is 6.04 Å². The molecule has 0 unspecified atom stereocenters. The molecule has 0 amide bonds. The summed E-state index contributed by atoms with van der Waals surface area (Å²) >= 11 is 0. The summed E-state index contributed by atoms with van der Waals surface area (Å²) in [6, 6.07) is 10.4. The molecule has 32 heavy (non-hydrogen) atoms. The van der Waals surface area contributed by atoms with Crippen LogP contribution in [0.3, 0.4) is 0 Å². The fourth-order valence-electron chi connectivity index (χ4n) is 4.35. The van der Waals surface area contributed by atoms with Crippen LogP contribution in [0.2, 0.25) is 0 Å². The fraction of sp³-hybridized carbons (Fsp3) is 0.500. The lowest BCUT2D eigenvalue weighted by atomic mass is 9.78. The molecule has 0 bridgehead atoms. The van der Waals surface area contributed by atoms with Crippen LogP contribution in [0, 0.1) is 0 Å². The standard InChI is InChI=1S/C24H31BN4O3/c1-16(19-9-7-8-10-26-19)30-21-12-17(25-31-23(2,3)24(4,5)32-25)11-20-22(21)29(15-27-20)18-13-28(6)14-18/h7-12,15-16,18H,13-14H2,1-6H3/t16-/m1/s1. The van der Waals surface area contributed by atoms with Crippen molar-refractivity contribution in [1.82, 2.24) is 19.4 Å². The SMILES string of the molecule is C[C@@H](Oc1cc(B2OC(C)(C)C(C)(C)O2)cc2ncn(C3CN(C)C3)c12)c1ccccn1. The van der Waals surface area contributed by atoms with Crippen molar-refractivity contribution in [2.75, 3.05) is 20.1 Å². The second-order valence-electron chi connectivity index (χ2n) is 10.0. The Hall–Kier alpha value is -2.42. The minimum atomic E-state index is -0.475. The van der Waals surface area contributed by atoms with E-state index in [1.165, 1.54) is 0 Å². The highest BCUT2D eigenvalue weighted by molar-refractivity contribution is 6.62. The summed E-state index contributed by atoms with van der Waals surface area (Å²) in [5.41, 5.74) is 2.86. The Labute approximate surface area is 189 Å². The Kier molecular flexibility index (Phi) is 5.07. The van der Waals surface area contributed by atoms with Gasteiger partial charge >= 0.3 is 7.12 Å². The van der Waals surface area contributed by atoms with Gasteiger partial charge in [-0.1, -0.05) is 6.07 Å². The number of hydrogen-bond donors (Lipinski definition) is 0. The van der Waals surface area contributed by atoms with Crippen LogP contribution in [0.1, 0.15) is 52.5 Å². The van der Waals surface area contributed by atoms with Crippen LogP contribution in [0.25, 0.3) is 11.0 Å². The molecule has 168 valence electrons. The van der Waals surface area contributed by atoms with Gasteiger partial charge in [-0.25, -0.2) is 4.98 Å². The Balaban J connectivity index is 1.56.